The summed E-state index contributed by atoms with van der Waals surface area (Å²) < 4.78 is 43.3. The minimum absolute atomic E-state index is 0.0255. The zero-order valence-electron chi connectivity index (χ0n) is 15.3. The molecule has 0 aliphatic rings. The number of carbonyl (C=O) groups excluding carboxylic acids is 1. The Morgan fingerprint density at radius 3 is 2.66 bits per heavy atom. The van der Waals surface area contributed by atoms with Crippen molar-refractivity contribution in [2.75, 3.05) is 13.7 Å². The van der Waals surface area contributed by atoms with Gasteiger partial charge in [0.25, 0.3) is 5.91 Å². The summed E-state index contributed by atoms with van der Waals surface area (Å²) in [5.74, 6) is 5.55. The van der Waals surface area contributed by atoms with Gasteiger partial charge in [-0.3, -0.25) is 9.89 Å². The minimum Gasteiger partial charge on any atom is -0.497 e. The molecule has 0 bridgehead atoms. The van der Waals surface area contributed by atoms with E-state index >= 15 is 0 Å². The van der Waals surface area contributed by atoms with E-state index in [-0.39, 0.29) is 12.1 Å². The van der Waals surface area contributed by atoms with Crippen molar-refractivity contribution >= 4 is 5.91 Å². The van der Waals surface area contributed by atoms with Crippen molar-refractivity contribution in [3.63, 3.8) is 0 Å². The van der Waals surface area contributed by atoms with E-state index in [1.807, 2.05) is 0 Å². The largest absolute Gasteiger partial charge is 0.497 e. The van der Waals surface area contributed by atoms with E-state index in [1.165, 1.54) is 18.3 Å². The number of H-pyrrole nitrogens is 1. The van der Waals surface area contributed by atoms with Crippen LogP contribution in [0.25, 0.3) is 11.3 Å². The standard InChI is InChI=1S/C21H16F3N3O2/c1-29-17-9-7-15(8-10-17)19-18(13-26-27-19)20(28)25-11-3-5-14-4-2-6-16(12-14)21(22,23)24/h2,4,6-10,12-13H,11H2,1H3,(H,25,28)(H,26,27). The molecule has 0 saturated carbocycles. The van der Waals surface area contributed by atoms with Crippen molar-refractivity contribution in [3.8, 4) is 28.8 Å². The Hall–Kier alpha value is -3.73. The maximum absolute atomic E-state index is 12.7. The number of nitrogens with one attached hydrogen (secondary N) is 2. The molecule has 0 aliphatic heterocycles. The maximum atomic E-state index is 12.7. The summed E-state index contributed by atoms with van der Waals surface area (Å²) in [7, 11) is 1.56. The molecule has 0 radical (unpaired) electrons. The summed E-state index contributed by atoms with van der Waals surface area (Å²) in [5.41, 5.74) is 1.07. The van der Waals surface area contributed by atoms with Crippen LogP contribution < -0.4 is 10.1 Å². The molecule has 5 nitrogen and oxygen atoms in total. The van der Waals surface area contributed by atoms with Crippen molar-refractivity contribution < 1.29 is 22.7 Å². The van der Waals surface area contributed by atoms with E-state index < -0.39 is 17.6 Å². The summed E-state index contributed by atoms with van der Waals surface area (Å²) in [5, 5.41) is 9.31. The number of benzene rings is 2. The number of aromatic amines is 1. The second-order valence-corrected chi connectivity index (χ2v) is 5.95. The number of ether oxygens (including phenoxy) is 1. The van der Waals surface area contributed by atoms with Crippen LogP contribution in [0.4, 0.5) is 13.2 Å². The number of halogens is 3. The first kappa shape index (κ1) is 20.0. The van der Waals surface area contributed by atoms with Crippen molar-refractivity contribution in [2.24, 2.45) is 0 Å². The third kappa shape index (κ3) is 4.96. The van der Waals surface area contributed by atoms with Crippen LogP contribution in [0.15, 0.2) is 54.7 Å². The SMILES string of the molecule is COc1ccc(-c2[nH]ncc2C(=O)NCC#Cc2cccc(C(F)(F)F)c2)cc1. The molecule has 2 aromatic carbocycles. The Balaban J connectivity index is 1.66. The van der Waals surface area contributed by atoms with Gasteiger partial charge in [0, 0.05) is 11.1 Å². The molecule has 0 unspecified atom stereocenters. The maximum Gasteiger partial charge on any atom is 0.416 e. The molecule has 0 spiro atoms. The number of methoxy groups -OCH3 is 1. The molecule has 8 heteroatoms. The van der Waals surface area contributed by atoms with Crippen molar-refractivity contribution in [1.29, 1.82) is 0 Å². The fraction of sp³-hybridized carbons (Fsp3) is 0.143. The highest BCUT2D eigenvalue weighted by atomic mass is 19.4. The van der Waals surface area contributed by atoms with Gasteiger partial charge in [-0.15, -0.1) is 0 Å². The lowest BCUT2D eigenvalue weighted by molar-refractivity contribution is -0.137. The zero-order valence-corrected chi connectivity index (χ0v) is 15.3. The zero-order chi connectivity index (χ0) is 20.9. The van der Waals surface area contributed by atoms with Gasteiger partial charge in [0.05, 0.1) is 36.7 Å². The lowest BCUT2D eigenvalue weighted by atomic mass is 10.1. The number of carbonyl (C=O) groups is 1. The van der Waals surface area contributed by atoms with E-state index in [9.17, 15) is 18.0 Å². The first-order chi connectivity index (χ1) is 13.9. The lowest BCUT2D eigenvalue weighted by Gasteiger charge is -2.06. The molecule has 1 heterocycles. The van der Waals surface area contributed by atoms with Crippen molar-refractivity contribution in [1.82, 2.24) is 15.5 Å². The van der Waals surface area contributed by atoms with Gasteiger partial charge in [-0.1, -0.05) is 17.9 Å². The number of hydrogen-bond acceptors (Lipinski definition) is 3. The molecule has 1 amide bonds. The molecule has 148 valence electrons. The van der Waals surface area contributed by atoms with Crippen LogP contribution >= 0.6 is 0 Å². The molecular formula is C21H16F3N3O2. The van der Waals surface area contributed by atoms with Crippen LogP contribution in [0.2, 0.25) is 0 Å². The van der Waals surface area contributed by atoms with Crippen LogP contribution in [0.1, 0.15) is 21.5 Å². The number of aromatic nitrogens is 2. The fourth-order valence-corrected chi connectivity index (χ4v) is 2.58. The van der Waals surface area contributed by atoms with Gasteiger partial charge in [0.1, 0.15) is 5.75 Å². The summed E-state index contributed by atoms with van der Waals surface area (Å²) >= 11 is 0. The van der Waals surface area contributed by atoms with Gasteiger partial charge in [-0.05, 0) is 42.5 Å². The normalized spacial score (nSPS) is 10.8. The van der Waals surface area contributed by atoms with Crippen molar-refractivity contribution in [2.45, 2.75) is 6.18 Å². The summed E-state index contributed by atoms with van der Waals surface area (Å²) in [6, 6.07) is 11.8. The first-order valence-electron chi connectivity index (χ1n) is 8.50. The lowest BCUT2D eigenvalue weighted by Crippen LogP contribution is -2.23. The van der Waals surface area contributed by atoms with E-state index in [1.54, 1.807) is 31.4 Å². The van der Waals surface area contributed by atoms with E-state index in [4.69, 9.17) is 4.74 Å². The molecule has 1 aromatic heterocycles. The Morgan fingerprint density at radius 1 is 1.21 bits per heavy atom. The Morgan fingerprint density at radius 2 is 1.97 bits per heavy atom. The first-order valence-corrected chi connectivity index (χ1v) is 8.50. The summed E-state index contributed by atoms with van der Waals surface area (Å²) in [6.45, 7) is -0.0255. The smallest absolute Gasteiger partial charge is 0.416 e. The fourth-order valence-electron chi connectivity index (χ4n) is 2.58. The van der Waals surface area contributed by atoms with Gasteiger partial charge in [0.2, 0.25) is 0 Å². The molecule has 29 heavy (non-hydrogen) atoms. The average Bonchev–Trinajstić information content (AvgIpc) is 3.21. The molecule has 0 saturated heterocycles. The Bertz CT molecular complexity index is 1060. The predicted octanol–water partition coefficient (Wildman–Crippen LogP) is 3.89. The molecule has 2 N–H and O–H groups in total. The van der Waals surface area contributed by atoms with Crippen LogP contribution in [-0.4, -0.2) is 29.8 Å². The predicted molar refractivity (Wildman–Crippen MR) is 101 cm³/mol. The Labute approximate surface area is 164 Å². The van der Waals surface area contributed by atoms with E-state index in [0.717, 1.165) is 17.7 Å². The third-order valence-corrected chi connectivity index (χ3v) is 4.02. The van der Waals surface area contributed by atoms with Gasteiger partial charge in [-0.2, -0.15) is 18.3 Å². The topological polar surface area (TPSA) is 67.0 Å². The highest BCUT2D eigenvalue weighted by molar-refractivity contribution is 5.99. The van der Waals surface area contributed by atoms with Crippen LogP contribution in [-0.2, 0) is 6.18 Å². The molecular weight excluding hydrogens is 383 g/mol. The van der Waals surface area contributed by atoms with Gasteiger partial charge < -0.3 is 10.1 Å². The number of hydrogen-bond donors (Lipinski definition) is 2. The van der Waals surface area contributed by atoms with E-state index in [0.29, 0.717) is 17.0 Å². The number of nitrogens with zero attached hydrogens (tertiary/aromatic N) is 1. The number of alkyl halides is 3. The van der Waals surface area contributed by atoms with Crippen LogP contribution in [0.5, 0.6) is 5.75 Å². The Kier molecular flexibility index (Phi) is 5.88. The van der Waals surface area contributed by atoms with Gasteiger partial charge in [-0.25, -0.2) is 0 Å². The summed E-state index contributed by atoms with van der Waals surface area (Å²) in [4.78, 5) is 12.4. The van der Waals surface area contributed by atoms with E-state index in [2.05, 4.69) is 27.4 Å². The van der Waals surface area contributed by atoms with Gasteiger partial charge in [0.15, 0.2) is 0 Å². The minimum atomic E-state index is -4.43. The van der Waals surface area contributed by atoms with Gasteiger partial charge >= 0.3 is 6.18 Å². The quantitative estimate of drug-likeness (QED) is 0.655. The highest BCUT2D eigenvalue weighted by Crippen LogP contribution is 2.29. The molecule has 0 fully saturated rings. The monoisotopic (exact) mass is 399 g/mol. The third-order valence-electron chi connectivity index (χ3n) is 4.02. The number of amides is 1. The summed E-state index contributed by atoms with van der Waals surface area (Å²) in [6.07, 6.45) is -3.03. The van der Waals surface area contributed by atoms with Crippen LogP contribution in [0, 0.1) is 11.8 Å². The molecule has 3 aromatic rings. The second-order valence-electron chi connectivity index (χ2n) is 5.95. The average molecular weight is 399 g/mol. The van der Waals surface area contributed by atoms with Crippen LogP contribution in [0.3, 0.4) is 0 Å². The molecule has 0 aliphatic carbocycles. The molecule has 0 atom stereocenters. The number of rotatable bonds is 4. The second kappa shape index (κ2) is 8.52. The van der Waals surface area contributed by atoms with Crippen molar-refractivity contribution in [3.05, 3.63) is 71.4 Å². The highest BCUT2D eigenvalue weighted by Gasteiger charge is 2.30. The molecule has 3 rings (SSSR count).